The Balaban J connectivity index is 1.45. The van der Waals surface area contributed by atoms with E-state index < -0.39 is 5.63 Å². The normalized spacial score (nSPS) is 19.4. The molecule has 0 atom stereocenters. The summed E-state index contributed by atoms with van der Waals surface area (Å²) in [6, 6.07) is 9.88. The fourth-order valence-corrected chi connectivity index (χ4v) is 4.14. The van der Waals surface area contributed by atoms with Gasteiger partial charge in [-0.05, 0) is 62.3 Å². The number of amides is 1. The van der Waals surface area contributed by atoms with Crippen molar-refractivity contribution in [1.82, 2.24) is 10.3 Å². The number of rotatable bonds is 5. The van der Waals surface area contributed by atoms with Gasteiger partial charge in [0.15, 0.2) is 0 Å². The number of carbonyl (C=O) groups excluding carboxylic acids is 1. The van der Waals surface area contributed by atoms with E-state index >= 15 is 0 Å². The molecular weight excluding hydrogens is 368 g/mol. The lowest BCUT2D eigenvalue weighted by atomic mass is 9.93. The molecule has 0 saturated heterocycles. The minimum Gasteiger partial charge on any atom is -0.427 e. The first-order valence-electron chi connectivity index (χ1n) is 10.2. The van der Waals surface area contributed by atoms with E-state index in [-0.39, 0.29) is 23.6 Å². The number of aliphatic hydroxyl groups is 1. The van der Waals surface area contributed by atoms with Gasteiger partial charge < -0.3 is 19.8 Å². The van der Waals surface area contributed by atoms with Crippen molar-refractivity contribution in [3.05, 3.63) is 69.4 Å². The molecule has 1 saturated carbocycles. The topological polar surface area (TPSA) is 95.3 Å². The third-order valence-electron chi connectivity index (χ3n) is 5.77. The van der Waals surface area contributed by atoms with Gasteiger partial charge in [0.2, 0.25) is 0 Å². The van der Waals surface area contributed by atoms with Gasteiger partial charge in [0.05, 0.1) is 6.10 Å². The molecular formula is C23H26N2O4. The summed E-state index contributed by atoms with van der Waals surface area (Å²) in [4.78, 5) is 28.3. The second kappa shape index (κ2) is 8.25. The molecule has 0 spiro atoms. The molecule has 3 N–H and O–H groups in total. The van der Waals surface area contributed by atoms with Crippen LogP contribution < -0.4 is 10.9 Å². The third kappa shape index (κ3) is 4.27. The van der Waals surface area contributed by atoms with Crippen LogP contribution >= 0.6 is 0 Å². The van der Waals surface area contributed by atoms with E-state index in [0.29, 0.717) is 30.6 Å². The average molecular weight is 394 g/mol. The summed E-state index contributed by atoms with van der Waals surface area (Å²) in [5.74, 6) is 0.191. The lowest BCUT2D eigenvalue weighted by molar-refractivity contribution is 0.0863. The van der Waals surface area contributed by atoms with Crippen molar-refractivity contribution < 1.29 is 14.3 Å². The van der Waals surface area contributed by atoms with Crippen molar-refractivity contribution in [3.8, 4) is 0 Å². The number of aryl methyl sites for hydroxylation is 3. The molecule has 4 rings (SSSR count). The molecule has 1 aromatic carbocycles. The molecule has 0 radical (unpaired) electrons. The molecule has 0 unspecified atom stereocenters. The highest BCUT2D eigenvalue weighted by molar-refractivity contribution is 5.95. The number of carbonyl (C=O) groups is 1. The van der Waals surface area contributed by atoms with Gasteiger partial charge in [-0.15, -0.1) is 0 Å². The van der Waals surface area contributed by atoms with E-state index in [4.69, 9.17) is 4.42 Å². The maximum atomic E-state index is 12.6. The Labute approximate surface area is 168 Å². The predicted octanol–water partition coefficient (Wildman–Crippen LogP) is 3.25. The summed E-state index contributed by atoms with van der Waals surface area (Å²) >= 11 is 0. The fraction of sp³-hybridized carbons (Fsp3) is 0.391. The molecule has 3 aromatic rings. The van der Waals surface area contributed by atoms with Crippen LogP contribution in [-0.2, 0) is 12.8 Å². The lowest BCUT2D eigenvalue weighted by Gasteiger charge is -2.26. The maximum Gasteiger partial charge on any atom is 0.349 e. The number of aromatic amines is 1. The van der Waals surface area contributed by atoms with Crippen molar-refractivity contribution >= 4 is 16.8 Å². The van der Waals surface area contributed by atoms with Crippen LogP contribution in [0.2, 0.25) is 0 Å². The summed E-state index contributed by atoms with van der Waals surface area (Å²) in [5, 5.41) is 13.7. The number of hydrogen-bond donors (Lipinski definition) is 3. The zero-order valence-electron chi connectivity index (χ0n) is 16.5. The molecule has 1 aliphatic carbocycles. The van der Waals surface area contributed by atoms with Crippen molar-refractivity contribution in [3.63, 3.8) is 0 Å². The number of benzene rings is 1. The summed E-state index contributed by atoms with van der Waals surface area (Å²) in [5.41, 5.74) is 2.37. The maximum absolute atomic E-state index is 12.6. The first-order chi connectivity index (χ1) is 14.0. The Bertz CT molecular complexity index is 1070. The van der Waals surface area contributed by atoms with Crippen molar-refractivity contribution in [1.29, 1.82) is 0 Å². The minimum atomic E-state index is -0.590. The molecule has 2 heterocycles. The van der Waals surface area contributed by atoms with Crippen LogP contribution in [0.5, 0.6) is 0 Å². The average Bonchev–Trinajstić information content (AvgIpc) is 3.11. The molecule has 1 fully saturated rings. The number of aliphatic hydroxyl groups excluding tert-OH is 1. The van der Waals surface area contributed by atoms with Gasteiger partial charge in [0.25, 0.3) is 5.91 Å². The van der Waals surface area contributed by atoms with Gasteiger partial charge in [-0.1, -0.05) is 18.2 Å². The number of nitrogens with one attached hydrogen (secondary N) is 2. The standard InChI is InChI=1S/C23H26N2O4/c1-14-12-18(11-6-15-13-24-20-5-3-2-4-19(15)20)29-23(28)21(14)22(27)25-16-7-9-17(26)10-8-16/h2-5,12-13,16-17,24,26H,6-11H2,1H3,(H,25,27). The second-order valence-electron chi connectivity index (χ2n) is 7.90. The number of para-hydroxylation sites is 1. The largest absolute Gasteiger partial charge is 0.427 e. The highest BCUT2D eigenvalue weighted by atomic mass is 16.4. The summed E-state index contributed by atoms with van der Waals surface area (Å²) in [6.45, 7) is 1.77. The van der Waals surface area contributed by atoms with E-state index in [1.807, 2.05) is 24.4 Å². The summed E-state index contributed by atoms with van der Waals surface area (Å²) in [7, 11) is 0. The first-order valence-corrected chi connectivity index (χ1v) is 10.2. The Morgan fingerprint density at radius 2 is 1.97 bits per heavy atom. The molecule has 6 nitrogen and oxygen atoms in total. The van der Waals surface area contributed by atoms with Crippen molar-refractivity contribution in [2.24, 2.45) is 0 Å². The molecule has 29 heavy (non-hydrogen) atoms. The molecule has 2 aromatic heterocycles. The van der Waals surface area contributed by atoms with Gasteiger partial charge in [-0.3, -0.25) is 4.79 Å². The Morgan fingerprint density at radius 3 is 2.72 bits per heavy atom. The SMILES string of the molecule is Cc1cc(CCc2c[nH]c3ccccc23)oc(=O)c1C(=O)NC1CCC(O)CC1. The van der Waals surface area contributed by atoms with Crippen LogP contribution in [0.25, 0.3) is 10.9 Å². The van der Waals surface area contributed by atoms with E-state index in [1.54, 1.807) is 13.0 Å². The molecule has 0 aliphatic heterocycles. The number of H-pyrrole nitrogens is 1. The highest BCUT2D eigenvalue weighted by Gasteiger charge is 2.24. The van der Waals surface area contributed by atoms with Gasteiger partial charge in [-0.25, -0.2) is 4.79 Å². The highest BCUT2D eigenvalue weighted by Crippen LogP contribution is 2.21. The van der Waals surface area contributed by atoms with Crippen LogP contribution in [0.15, 0.2) is 45.7 Å². The summed E-state index contributed by atoms with van der Waals surface area (Å²) in [6.07, 6.45) is 5.81. The van der Waals surface area contributed by atoms with Gasteiger partial charge in [-0.2, -0.15) is 0 Å². The van der Waals surface area contributed by atoms with Gasteiger partial charge in [0, 0.05) is 29.6 Å². The zero-order chi connectivity index (χ0) is 20.4. The second-order valence-corrected chi connectivity index (χ2v) is 7.90. The van der Waals surface area contributed by atoms with Gasteiger partial charge in [0.1, 0.15) is 11.3 Å². The fourth-order valence-electron chi connectivity index (χ4n) is 4.14. The molecule has 1 amide bonds. The van der Waals surface area contributed by atoms with Crippen LogP contribution in [0, 0.1) is 6.92 Å². The van der Waals surface area contributed by atoms with Gasteiger partial charge >= 0.3 is 5.63 Å². The van der Waals surface area contributed by atoms with Crippen LogP contribution in [0.3, 0.4) is 0 Å². The lowest BCUT2D eigenvalue weighted by Crippen LogP contribution is -2.40. The number of aromatic nitrogens is 1. The van der Waals surface area contributed by atoms with E-state index in [2.05, 4.69) is 16.4 Å². The minimum absolute atomic E-state index is 0.00810. The Kier molecular flexibility index (Phi) is 5.53. The number of fused-ring (bicyclic) bond motifs is 1. The number of hydrogen-bond acceptors (Lipinski definition) is 4. The Morgan fingerprint density at radius 1 is 1.21 bits per heavy atom. The van der Waals surface area contributed by atoms with E-state index in [1.165, 1.54) is 10.9 Å². The third-order valence-corrected chi connectivity index (χ3v) is 5.77. The van der Waals surface area contributed by atoms with Crippen LogP contribution in [0.1, 0.15) is 52.9 Å². The molecule has 0 bridgehead atoms. The monoisotopic (exact) mass is 394 g/mol. The Hall–Kier alpha value is -2.86. The summed E-state index contributed by atoms with van der Waals surface area (Å²) < 4.78 is 5.46. The smallest absolute Gasteiger partial charge is 0.349 e. The van der Waals surface area contributed by atoms with Crippen LogP contribution in [-0.4, -0.2) is 28.1 Å². The molecule has 6 heteroatoms. The first kappa shape index (κ1) is 19.5. The zero-order valence-corrected chi connectivity index (χ0v) is 16.5. The quantitative estimate of drug-likeness (QED) is 0.619. The van der Waals surface area contributed by atoms with E-state index in [0.717, 1.165) is 24.8 Å². The van der Waals surface area contributed by atoms with Crippen molar-refractivity contribution in [2.45, 2.75) is 57.6 Å². The van der Waals surface area contributed by atoms with E-state index in [9.17, 15) is 14.7 Å². The predicted molar refractivity (Wildman–Crippen MR) is 111 cm³/mol. The molecule has 152 valence electrons. The molecule has 1 aliphatic rings. The van der Waals surface area contributed by atoms with Crippen molar-refractivity contribution in [2.75, 3.05) is 0 Å². The van der Waals surface area contributed by atoms with Crippen LogP contribution in [0.4, 0.5) is 0 Å².